The predicted molar refractivity (Wildman–Crippen MR) is 167 cm³/mol. The molecule has 186 valence electrons. The van der Waals surface area contributed by atoms with E-state index >= 15 is 0 Å². The average Bonchev–Trinajstić information content (AvgIpc) is 3.35. The number of hydrogen-bond donors (Lipinski definition) is 0. The number of benzene rings is 5. The molecular formula is C38H29N. The molecular weight excluding hydrogens is 470 g/mol. The van der Waals surface area contributed by atoms with Crippen molar-refractivity contribution in [3.63, 3.8) is 0 Å². The number of aromatic nitrogens is 1. The van der Waals surface area contributed by atoms with Gasteiger partial charge in [0.05, 0.1) is 11.0 Å². The quantitative estimate of drug-likeness (QED) is 0.228. The first-order valence-electron chi connectivity index (χ1n) is 14.0. The van der Waals surface area contributed by atoms with E-state index in [-0.39, 0.29) is 0 Å². The van der Waals surface area contributed by atoms with Gasteiger partial charge in [0, 0.05) is 22.4 Å². The summed E-state index contributed by atoms with van der Waals surface area (Å²) in [5.41, 5.74) is 10.8. The van der Waals surface area contributed by atoms with E-state index in [1.165, 1.54) is 66.1 Å². The zero-order valence-corrected chi connectivity index (χ0v) is 21.8. The van der Waals surface area contributed by atoms with Gasteiger partial charge in [-0.05, 0) is 82.1 Å². The summed E-state index contributed by atoms with van der Waals surface area (Å²) in [5.74, 6) is 0.420. The van der Waals surface area contributed by atoms with Crippen LogP contribution in [0.15, 0.2) is 127 Å². The summed E-state index contributed by atoms with van der Waals surface area (Å²) < 4.78 is 2.40. The van der Waals surface area contributed by atoms with E-state index in [0.29, 0.717) is 5.92 Å². The second kappa shape index (κ2) is 8.99. The van der Waals surface area contributed by atoms with Gasteiger partial charge in [0.15, 0.2) is 0 Å². The summed E-state index contributed by atoms with van der Waals surface area (Å²) in [7, 11) is 0. The van der Waals surface area contributed by atoms with Crippen LogP contribution >= 0.6 is 0 Å². The Bertz CT molecular complexity index is 1920. The van der Waals surface area contributed by atoms with Crippen LogP contribution in [-0.2, 0) is 6.42 Å². The normalized spacial score (nSPS) is 16.4. The van der Waals surface area contributed by atoms with Gasteiger partial charge in [-0.15, -0.1) is 0 Å². The largest absolute Gasteiger partial charge is 0.309 e. The van der Waals surface area contributed by atoms with Gasteiger partial charge in [-0.1, -0.05) is 109 Å². The average molecular weight is 500 g/mol. The molecule has 1 unspecified atom stereocenters. The van der Waals surface area contributed by atoms with Crippen LogP contribution in [0.5, 0.6) is 0 Å². The van der Waals surface area contributed by atoms with Crippen LogP contribution in [0.2, 0.25) is 0 Å². The minimum atomic E-state index is 0.420. The van der Waals surface area contributed by atoms with Crippen LogP contribution in [0.3, 0.4) is 0 Å². The van der Waals surface area contributed by atoms with Crippen molar-refractivity contribution < 1.29 is 0 Å². The summed E-state index contributed by atoms with van der Waals surface area (Å²) >= 11 is 0. The second-order valence-electron chi connectivity index (χ2n) is 10.7. The highest BCUT2D eigenvalue weighted by atomic mass is 15.0. The van der Waals surface area contributed by atoms with Gasteiger partial charge in [-0.3, -0.25) is 0 Å². The van der Waals surface area contributed by atoms with E-state index in [4.69, 9.17) is 0 Å². The van der Waals surface area contributed by atoms with E-state index in [9.17, 15) is 0 Å². The first kappa shape index (κ1) is 22.4. The van der Waals surface area contributed by atoms with Crippen molar-refractivity contribution in [3.8, 4) is 16.8 Å². The molecule has 2 aliphatic carbocycles. The second-order valence-corrected chi connectivity index (χ2v) is 10.7. The number of nitrogens with zero attached hydrogens (tertiary/aromatic N) is 1. The summed E-state index contributed by atoms with van der Waals surface area (Å²) in [6, 6.07) is 35.8. The molecule has 8 rings (SSSR count). The molecule has 1 atom stereocenters. The fraction of sp³-hybridized carbons (Fsp3) is 0.105. The molecule has 0 amide bonds. The standard InChI is InChI=1S/C38H29N/c1-2-12-26(13-3-1)37-31-16-4-6-18-33(31)38(34-19-7-5-17-32(34)37)27-22-24-28(25-23-27)39-35-20-10-8-14-29(35)30-15-9-11-21-36(30)39/h1-6,8-12,14-18,20-26H,7,13,19H2. The van der Waals surface area contributed by atoms with Gasteiger partial charge in [0.1, 0.15) is 0 Å². The highest BCUT2D eigenvalue weighted by molar-refractivity contribution is 6.09. The molecule has 0 bridgehead atoms. The van der Waals surface area contributed by atoms with Gasteiger partial charge in [-0.25, -0.2) is 0 Å². The van der Waals surface area contributed by atoms with Gasteiger partial charge < -0.3 is 4.57 Å². The molecule has 1 heterocycles. The topological polar surface area (TPSA) is 4.93 Å². The third-order valence-electron chi connectivity index (χ3n) is 8.59. The van der Waals surface area contributed by atoms with E-state index in [2.05, 4.69) is 138 Å². The highest BCUT2D eigenvalue weighted by Crippen LogP contribution is 2.44. The first-order chi connectivity index (χ1) is 19.4. The maximum atomic E-state index is 2.40. The Morgan fingerprint density at radius 1 is 0.615 bits per heavy atom. The molecule has 0 saturated carbocycles. The number of allylic oxidation sites excluding steroid dienone is 5. The zero-order chi connectivity index (χ0) is 25.8. The molecule has 0 aliphatic heterocycles. The van der Waals surface area contributed by atoms with Crippen LogP contribution < -0.4 is 0 Å². The lowest BCUT2D eigenvalue weighted by molar-refractivity contribution is 0.852. The molecule has 0 N–H and O–H groups in total. The summed E-state index contributed by atoms with van der Waals surface area (Å²) in [6.45, 7) is 0. The Morgan fingerprint density at radius 3 is 1.97 bits per heavy atom. The van der Waals surface area contributed by atoms with Crippen molar-refractivity contribution in [1.82, 2.24) is 4.57 Å². The maximum Gasteiger partial charge on any atom is 0.0541 e. The Labute approximate surface area is 229 Å². The third kappa shape index (κ3) is 3.47. The van der Waals surface area contributed by atoms with E-state index < -0.39 is 0 Å². The molecule has 39 heavy (non-hydrogen) atoms. The molecule has 1 heteroatoms. The van der Waals surface area contributed by atoms with E-state index in [1.807, 2.05) is 0 Å². The first-order valence-corrected chi connectivity index (χ1v) is 14.0. The molecule has 0 saturated heterocycles. The van der Waals surface area contributed by atoms with Gasteiger partial charge in [-0.2, -0.15) is 0 Å². The Morgan fingerprint density at radius 2 is 1.28 bits per heavy atom. The molecule has 0 radical (unpaired) electrons. The summed E-state index contributed by atoms with van der Waals surface area (Å²) in [6.07, 6.45) is 17.1. The van der Waals surface area contributed by atoms with Crippen LogP contribution in [-0.4, -0.2) is 4.57 Å². The Balaban J connectivity index is 1.34. The zero-order valence-electron chi connectivity index (χ0n) is 21.8. The fourth-order valence-corrected chi connectivity index (χ4v) is 6.92. The minimum Gasteiger partial charge on any atom is -0.309 e. The smallest absolute Gasteiger partial charge is 0.0541 e. The summed E-state index contributed by atoms with van der Waals surface area (Å²) in [5, 5.41) is 5.35. The van der Waals surface area contributed by atoms with E-state index in [1.54, 1.807) is 0 Å². The Kier molecular flexibility index (Phi) is 5.16. The molecule has 0 fully saturated rings. The molecule has 1 aromatic heterocycles. The van der Waals surface area contributed by atoms with Crippen molar-refractivity contribution >= 4 is 38.7 Å². The highest BCUT2D eigenvalue weighted by Gasteiger charge is 2.24. The summed E-state index contributed by atoms with van der Waals surface area (Å²) in [4.78, 5) is 0. The molecule has 0 spiro atoms. The van der Waals surface area contributed by atoms with Crippen LogP contribution in [0, 0.1) is 0 Å². The number of para-hydroxylation sites is 2. The molecule has 6 aromatic rings. The Hall–Kier alpha value is -4.62. The maximum absolute atomic E-state index is 2.40. The van der Waals surface area contributed by atoms with E-state index in [0.717, 1.165) is 19.3 Å². The van der Waals surface area contributed by atoms with Crippen molar-refractivity contribution in [3.05, 3.63) is 144 Å². The van der Waals surface area contributed by atoms with Crippen LogP contribution in [0.25, 0.3) is 55.5 Å². The van der Waals surface area contributed by atoms with Gasteiger partial charge >= 0.3 is 0 Å². The minimum absolute atomic E-state index is 0.420. The number of fused-ring (bicyclic) bond motifs is 5. The lowest BCUT2D eigenvalue weighted by Gasteiger charge is -2.27. The predicted octanol–water partition coefficient (Wildman–Crippen LogP) is 10.2. The molecule has 2 aliphatic rings. The SMILES string of the molecule is C1=CCC(c2c3c(c(-c4ccc(-n5c6ccccc6c6ccccc65)cc4)c4ccccc24)CCC=C3)C=C1. The fourth-order valence-electron chi connectivity index (χ4n) is 6.92. The van der Waals surface area contributed by atoms with Crippen molar-refractivity contribution in [2.24, 2.45) is 0 Å². The lowest BCUT2D eigenvalue weighted by Crippen LogP contribution is -2.08. The molecule has 1 nitrogen and oxygen atoms in total. The monoisotopic (exact) mass is 499 g/mol. The van der Waals surface area contributed by atoms with Crippen molar-refractivity contribution in [1.29, 1.82) is 0 Å². The van der Waals surface area contributed by atoms with Gasteiger partial charge in [0.25, 0.3) is 0 Å². The number of rotatable bonds is 3. The molecule has 5 aromatic carbocycles. The third-order valence-corrected chi connectivity index (χ3v) is 8.59. The van der Waals surface area contributed by atoms with Crippen LogP contribution in [0.4, 0.5) is 0 Å². The lowest BCUT2D eigenvalue weighted by atomic mass is 9.77. The number of hydrogen-bond acceptors (Lipinski definition) is 0. The van der Waals surface area contributed by atoms with Crippen molar-refractivity contribution in [2.45, 2.75) is 25.2 Å². The van der Waals surface area contributed by atoms with Gasteiger partial charge in [0.2, 0.25) is 0 Å². The van der Waals surface area contributed by atoms with Crippen molar-refractivity contribution in [2.75, 3.05) is 0 Å². The van der Waals surface area contributed by atoms with Crippen LogP contribution in [0.1, 0.15) is 35.4 Å².